The lowest BCUT2D eigenvalue weighted by molar-refractivity contribution is 0.537. The summed E-state index contributed by atoms with van der Waals surface area (Å²) in [5.41, 5.74) is 3.31. The van der Waals surface area contributed by atoms with Crippen molar-refractivity contribution >= 4 is 11.8 Å². The van der Waals surface area contributed by atoms with Crippen LogP contribution in [0.15, 0.2) is 23.6 Å². The van der Waals surface area contributed by atoms with Crippen molar-refractivity contribution in [1.82, 2.24) is 25.5 Å². The van der Waals surface area contributed by atoms with Crippen LogP contribution in [0.4, 0.5) is 0 Å². The van der Waals surface area contributed by atoms with E-state index in [1.165, 1.54) is 0 Å². The number of nitrogens with zero attached hydrogens (tertiary/aromatic N) is 3. The molecule has 0 saturated carbocycles. The van der Waals surface area contributed by atoms with Crippen LogP contribution in [0.3, 0.4) is 0 Å². The minimum atomic E-state index is 0.363. The van der Waals surface area contributed by atoms with Crippen molar-refractivity contribution in [1.29, 1.82) is 0 Å². The highest BCUT2D eigenvalue weighted by atomic mass is 32.2. The third-order valence-corrected chi connectivity index (χ3v) is 4.13. The molecule has 0 fully saturated rings. The first-order chi connectivity index (χ1) is 10.2. The highest BCUT2D eigenvalue weighted by molar-refractivity contribution is 7.99. The molecular formula is C15H23N5S. The molecule has 5 nitrogen and oxygen atoms in total. The van der Waals surface area contributed by atoms with Gasteiger partial charge in [-0.2, -0.15) is 5.10 Å². The molecule has 0 aromatic carbocycles. The summed E-state index contributed by atoms with van der Waals surface area (Å²) in [5, 5.41) is 11.6. The molecule has 6 heteroatoms. The van der Waals surface area contributed by atoms with E-state index in [1.54, 1.807) is 11.8 Å². The van der Waals surface area contributed by atoms with Gasteiger partial charge in [-0.1, -0.05) is 18.7 Å². The van der Waals surface area contributed by atoms with Crippen LogP contribution in [0.5, 0.6) is 0 Å². The number of thioether (sulfide) groups is 1. The molecule has 0 spiro atoms. The standard InChI is InChI=1S/C15H23N5S/c1-4-5-21-15-17-9-13(10-18-15)8-16-11(2)6-14-7-12(3)19-20-14/h7,9-11,16H,4-6,8H2,1-3H3,(H,19,20)/t11-/m1/s1. The van der Waals surface area contributed by atoms with Gasteiger partial charge in [-0.05, 0) is 26.3 Å². The number of hydrogen-bond donors (Lipinski definition) is 2. The van der Waals surface area contributed by atoms with Gasteiger partial charge in [0.15, 0.2) is 5.16 Å². The van der Waals surface area contributed by atoms with Crippen molar-refractivity contribution in [3.05, 3.63) is 35.4 Å². The molecule has 2 aromatic rings. The second kappa shape index (κ2) is 8.14. The maximum Gasteiger partial charge on any atom is 0.187 e. The number of nitrogens with one attached hydrogen (secondary N) is 2. The molecule has 21 heavy (non-hydrogen) atoms. The Balaban J connectivity index is 1.76. The first-order valence-corrected chi connectivity index (χ1v) is 8.34. The smallest absolute Gasteiger partial charge is 0.187 e. The van der Waals surface area contributed by atoms with Crippen LogP contribution in [-0.2, 0) is 13.0 Å². The fourth-order valence-corrected chi connectivity index (χ4v) is 2.60. The Bertz CT molecular complexity index is 537. The maximum atomic E-state index is 4.38. The largest absolute Gasteiger partial charge is 0.310 e. The second-order valence-electron chi connectivity index (χ2n) is 5.25. The van der Waals surface area contributed by atoms with Crippen LogP contribution < -0.4 is 5.32 Å². The van der Waals surface area contributed by atoms with Gasteiger partial charge in [0, 0.05) is 48.4 Å². The van der Waals surface area contributed by atoms with Crippen LogP contribution in [-0.4, -0.2) is 32.0 Å². The van der Waals surface area contributed by atoms with E-state index in [4.69, 9.17) is 0 Å². The lowest BCUT2D eigenvalue weighted by Gasteiger charge is -2.12. The summed E-state index contributed by atoms with van der Waals surface area (Å²) in [5.74, 6) is 1.07. The first kappa shape index (κ1) is 16.0. The molecular weight excluding hydrogens is 282 g/mol. The fourth-order valence-electron chi connectivity index (χ4n) is 1.96. The van der Waals surface area contributed by atoms with Crippen LogP contribution in [0.25, 0.3) is 0 Å². The van der Waals surface area contributed by atoms with E-state index < -0.39 is 0 Å². The summed E-state index contributed by atoms with van der Waals surface area (Å²) in [7, 11) is 0. The van der Waals surface area contributed by atoms with E-state index >= 15 is 0 Å². The summed E-state index contributed by atoms with van der Waals surface area (Å²) in [6.45, 7) is 7.12. The van der Waals surface area contributed by atoms with Crippen LogP contribution in [0, 0.1) is 6.92 Å². The molecule has 0 aliphatic heterocycles. The number of rotatable bonds is 8. The molecule has 114 valence electrons. The number of aryl methyl sites for hydroxylation is 1. The first-order valence-electron chi connectivity index (χ1n) is 7.35. The van der Waals surface area contributed by atoms with Gasteiger partial charge in [-0.15, -0.1) is 0 Å². The molecule has 1 atom stereocenters. The lowest BCUT2D eigenvalue weighted by atomic mass is 10.1. The second-order valence-corrected chi connectivity index (χ2v) is 6.31. The molecule has 0 aliphatic rings. The van der Waals surface area contributed by atoms with Gasteiger partial charge in [0.2, 0.25) is 0 Å². The Kier molecular flexibility index (Phi) is 6.20. The van der Waals surface area contributed by atoms with Gasteiger partial charge in [0.05, 0.1) is 5.69 Å². The topological polar surface area (TPSA) is 66.5 Å². The van der Waals surface area contributed by atoms with Crippen molar-refractivity contribution in [2.45, 2.75) is 51.4 Å². The molecule has 2 aromatic heterocycles. The van der Waals surface area contributed by atoms with Crippen molar-refractivity contribution in [2.75, 3.05) is 5.75 Å². The van der Waals surface area contributed by atoms with Crippen molar-refractivity contribution in [3.8, 4) is 0 Å². The van der Waals surface area contributed by atoms with E-state index in [0.29, 0.717) is 6.04 Å². The molecule has 0 radical (unpaired) electrons. The van der Waals surface area contributed by atoms with E-state index in [-0.39, 0.29) is 0 Å². The molecule has 0 aliphatic carbocycles. The zero-order valence-electron chi connectivity index (χ0n) is 12.9. The van der Waals surface area contributed by atoms with Gasteiger partial charge in [0.1, 0.15) is 0 Å². The quantitative estimate of drug-likeness (QED) is 0.580. The van der Waals surface area contributed by atoms with E-state index in [0.717, 1.165) is 47.2 Å². The van der Waals surface area contributed by atoms with Gasteiger partial charge in [-0.3, -0.25) is 5.10 Å². The average molecular weight is 305 g/mol. The summed E-state index contributed by atoms with van der Waals surface area (Å²) in [6, 6.07) is 2.45. The molecule has 0 saturated heterocycles. The fraction of sp³-hybridized carbons (Fsp3) is 0.533. The van der Waals surface area contributed by atoms with Crippen LogP contribution in [0.2, 0.25) is 0 Å². The van der Waals surface area contributed by atoms with Crippen LogP contribution >= 0.6 is 11.8 Å². The third kappa shape index (κ3) is 5.47. The minimum Gasteiger partial charge on any atom is -0.310 e. The number of H-pyrrole nitrogens is 1. The lowest BCUT2D eigenvalue weighted by Crippen LogP contribution is -2.27. The van der Waals surface area contributed by atoms with Crippen molar-refractivity contribution < 1.29 is 0 Å². The van der Waals surface area contributed by atoms with Crippen molar-refractivity contribution in [2.24, 2.45) is 0 Å². The van der Waals surface area contributed by atoms with Gasteiger partial charge < -0.3 is 5.32 Å². The Morgan fingerprint density at radius 2 is 2.10 bits per heavy atom. The summed E-state index contributed by atoms with van der Waals surface area (Å²) in [4.78, 5) is 8.75. The summed E-state index contributed by atoms with van der Waals surface area (Å²) < 4.78 is 0. The van der Waals surface area contributed by atoms with Gasteiger partial charge >= 0.3 is 0 Å². The van der Waals surface area contributed by atoms with E-state index in [1.807, 2.05) is 19.3 Å². The molecule has 0 unspecified atom stereocenters. The zero-order valence-corrected chi connectivity index (χ0v) is 13.7. The Morgan fingerprint density at radius 1 is 1.33 bits per heavy atom. The van der Waals surface area contributed by atoms with Gasteiger partial charge in [-0.25, -0.2) is 9.97 Å². The number of aromatic nitrogens is 4. The Hall–Kier alpha value is -1.40. The maximum absolute atomic E-state index is 4.38. The van der Waals surface area contributed by atoms with E-state index in [9.17, 15) is 0 Å². The predicted molar refractivity (Wildman–Crippen MR) is 86.4 cm³/mol. The third-order valence-electron chi connectivity index (χ3n) is 3.05. The average Bonchev–Trinajstić information content (AvgIpc) is 2.89. The highest BCUT2D eigenvalue weighted by Gasteiger charge is 2.06. The van der Waals surface area contributed by atoms with E-state index in [2.05, 4.69) is 45.4 Å². The Labute approximate surface area is 130 Å². The predicted octanol–water partition coefficient (Wildman–Crippen LogP) is 2.73. The number of hydrogen-bond acceptors (Lipinski definition) is 5. The SMILES string of the molecule is CCCSc1ncc(CN[C@H](C)Cc2cc(C)[nH]n2)cn1. The summed E-state index contributed by atoms with van der Waals surface area (Å²) >= 11 is 1.70. The van der Waals surface area contributed by atoms with Crippen molar-refractivity contribution in [3.63, 3.8) is 0 Å². The monoisotopic (exact) mass is 305 g/mol. The molecule has 0 bridgehead atoms. The zero-order chi connectivity index (χ0) is 15.1. The summed E-state index contributed by atoms with van der Waals surface area (Å²) in [6.07, 6.45) is 5.87. The normalized spacial score (nSPS) is 12.5. The van der Waals surface area contributed by atoms with Crippen LogP contribution in [0.1, 0.15) is 37.2 Å². The Morgan fingerprint density at radius 3 is 2.71 bits per heavy atom. The molecule has 2 rings (SSSR count). The minimum absolute atomic E-state index is 0.363. The highest BCUT2D eigenvalue weighted by Crippen LogP contribution is 2.12. The molecule has 2 N–H and O–H groups in total. The van der Waals surface area contributed by atoms with Gasteiger partial charge in [0.25, 0.3) is 0 Å². The molecule has 2 heterocycles. The molecule has 0 amide bonds. The number of aromatic amines is 1.